The maximum absolute atomic E-state index is 13.0. The van der Waals surface area contributed by atoms with Crippen molar-refractivity contribution in [3.05, 3.63) is 47.5 Å². The summed E-state index contributed by atoms with van der Waals surface area (Å²) in [6.45, 7) is 0.554. The lowest BCUT2D eigenvalue weighted by Crippen LogP contribution is -2.51. The molecule has 1 spiro atoms. The predicted molar refractivity (Wildman–Crippen MR) is 91.3 cm³/mol. The zero-order valence-electron chi connectivity index (χ0n) is 14.2. The molecular formula is C18H21NO5S. The van der Waals surface area contributed by atoms with E-state index in [1.54, 1.807) is 12.0 Å². The summed E-state index contributed by atoms with van der Waals surface area (Å²) in [5.41, 5.74) is 1.60. The Kier molecular flexibility index (Phi) is 3.79. The number of carbonyl (C=O) groups is 1. The molecule has 4 atom stereocenters. The van der Waals surface area contributed by atoms with Crippen molar-refractivity contribution in [2.45, 2.75) is 30.6 Å². The first-order chi connectivity index (χ1) is 11.9. The Labute approximate surface area is 147 Å². The SMILES string of the molecule is CO[C@@H]1C=C[C@]23c4ccccc4CCN2C(=O)[C@H](OS(C)(=O)=O)[C@@H]3C1. The van der Waals surface area contributed by atoms with E-state index in [0.29, 0.717) is 13.0 Å². The molecule has 134 valence electrons. The Morgan fingerprint density at radius 2 is 2.04 bits per heavy atom. The number of amides is 1. The van der Waals surface area contributed by atoms with Crippen molar-refractivity contribution in [3.63, 3.8) is 0 Å². The number of nitrogens with zero attached hydrogens (tertiary/aromatic N) is 1. The molecule has 0 saturated carbocycles. The largest absolute Gasteiger partial charge is 0.377 e. The predicted octanol–water partition coefficient (Wildman–Crippen LogP) is 1.22. The smallest absolute Gasteiger partial charge is 0.265 e. The van der Waals surface area contributed by atoms with Crippen LogP contribution in [0.5, 0.6) is 0 Å². The summed E-state index contributed by atoms with van der Waals surface area (Å²) < 4.78 is 34.3. The van der Waals surface area contributed by atoms with E-state index in [0.717, 1.165) is 18.2 Å². The van der Waals surface area contributed by atoms with E-state index < -0.39 is 21.8 Å². The van der Waals surface area contributed by atoms with Crippen molar-refractivity contribution in [1.29, 1.82) is 0 Å². The molecule has 1 aliphatic carbocycles. The molecule has 25 heavy (non-hydrogen) atoms. The molecule has 0 N–H and O–H groups in total. The molecule has 0 aromatic heterocycles. The van der Waals surface area contributed by atoms with Crippen LogP contribution in [0.25, 0.3) is 0 Å². The lowest BCUT2D eigenvalue weighted by atomic mass is 9.69. The standard InChI is InChI=1S/C18H21NO5S/c1-23-13-7-9-18-14-6-4-3-5-12(14)8-10-19(18)17(20)16(15(18)11-13)24-25(2,21)22/h3-7,9,13,15-16H,8,10-11H2,1-2H3/t13-,15+,16-,18-/m1/s1. The van der Waals surface area contributed by atoms with Crippen LogP contribution < -0.4 is 0 Å². The number of rotatable bonds is 3. The van der Waals surface area contributed by atoms with Crippen molar-refractivity contribution >= 4 is 16.0 Å². The van der Waals surface area contributed by atoms with Gasteiger partial charge in [0.05, 0.1) is 17.9 Å². The maximum atomic E-state index is 13.0. The molecule has 6 nitrogen and oxygen atoms in total. The van der Waals surface area contributed by atoms with Crippen LogP contribution in [0.3, 0.4) is 0 Å². The summed E-state index contributed by atoms with van der Waals surface area (Å²) >= 11 is 0. The van der Waals surface area contributed by atoms with Crippen molar-refractivity contribution in [1.82, 2.24) is 4.90 Å². The fourth-order valence-corrected chi connectivity index (χ4v) is 5.19. The number of benzene rings is 1. The third-order valence-corrected chi connectivity index (χ3v) is 6.13. The molecule has 0 radical (unpaired) electrons. The van der Waals surface area contributed by atoms with Gasteiger partial charge in [-0.25, -0.2) is 0 Å². The van der Waals surface area contributed by atoms with Crippen LogP contribution in [0, 0.1) is 5.92 Å². The van der Waals surface area contributed by atoms with Crippen LogP contribution in [0.4, 0.5) is 0 Å². The number of methoxy groups -OCH3 is 1. The average molecular weight is 363 g/mol. The fraction of sp³-hybridized carbons (Fsp3) is 0.500. The second kappa shape index (κ2) is 5.65. The molecule has 1 amide bonds. The van der Waals surface area contributed by atoms with Gasteiger partial charge in [0.2, 0.25) is 0 Å². The lowest BCUT2D eigenvalue weighted by Gasteiger charge is -2.47. The highest BCUT2D eigenvalue weighted by atomic mass is 32.2. The number of fused-ring (bicyclic) bond motifs is 1. The Bertz CT molecular complexity index is 849. The van der Waals surface area contributed by atoms with Gasteiger partial charge in [-0.05, 0) is 24.0 Å². The Morgan fingerprint density at radius 3 is 2.76 bits per heavy atom. The highest BCUT2D eigenvalue weighted by molar-refractivity contribution is 7.86. The summed E-state index contributed by atoms with van der Waals surface area (Å²) in [4.78, 5) is 14.8. The Hall–Kier alpha value is -1.70. The van der Waals surface area contributed by atoms with E-state index in [1.807, 2.05) is 30.4 Å². The third-order valence-electron chi connectivity index (χ3n) is 5.57. The zero-order valence-corrected chi connectivity index (χ0v) is 15.0. The van der Waals surface area contributed by atoms with E-state index in [9.17, 15) is 13.2 Å². The summed E-state index contributed by atoms with van der Waals surface area (Å²) in [6.07, 6.45) is 5.09. The Morgan fingerprint density at radius 1 is 1.28 bits per heavy atom. The van der Waals surface area contributed by atoms with Gasteiger partial charge in [-0.15, -0.1) is 0 Å². The molecule has 7 heteroatoms. The number of ether oxygens (including phenoxy) is 1. The fourth-order valence-electron chi connectivity index (χ4n) is 4.60. The summed E-state index contributed by atoms with van der Waals surface area (Å²) in [6, 6.07) is 8.05. The summed E-state index contributed by atoms with van der Waals surface area (Å²) in [5, 5.41) is 0. The lowest BCUT2D eigenvalue weighted by molar-refractivity contribution is -0.135. The second-order valence-corrected chi connectivity index (χ2v) is 8.52. The van der Waals surface area contributed by atoms with Crippen LogP contribution in [0.15, 0.2) is 36.4 Å². The van der Waals surface area contributed by atoms with Crippen LogP contribution in [-0.4, -0.2) is 51.3 Å². The van der Waals surface area contributed by atoms with Crippen molar-refractivity contribution < 1.29 is 22.1 Å². The topological polar surface area (TPSA) is 72.9 Å². The maximum Gasteiger partial charge on any atom is 0.265 e. The average Bonchev–Trinajstić information content (AvgIpc) is 2.82. The van der Waals surface area contributed by atoms with Gasteiger partial charge in [0.15, 0.2) is 6.10 Å². The molecule has 1 aromatic carbocycles. The van der Waals surface area contributed by atoms with E-state index in [2.05, 4.69) is 6.07 Å². The van der Waals surface area contributed by atoms with Crippen LogP contribution in [0.2, 0.25) is 0 Å². The highest BCUT2D eigenvalue weighted by Crippen LogP contribution is 2.53. The van der Waals surface area contributed by atoms with E-state index in [1.165, 1.54) is 5.56 Å². The minimum atomic E-state index is -3.75. The minimum absolute atomic E-state index is 0.164. The monoisotopic (exact) mass is 363 g/mol. The number of hydrogen-bond donors (Lipinski definition) is 0. The number of carbonyl (C=O) groups excluding carboxylic acids is 1. The highest BCUT2D eigenvalue weighted by Gasteiger charge is 2.62. The van der Waals surface area contributed by atoms with Gasteiger partial charge in [-0.3, -0.25) is 8.98 Å². The normalized spacial score (nSPS) is 33.8. The first-order valence-corrected chi connectivity index (χ1v) is 10.2. The first-order valence-electron chi connectivity index (χ1n) is 8.37. The van der Waals surface area contributed by atoms with E-state index >= 15 is 0 Å². The van der Waals surface area contributed by atoms with Gasteiger partial charge in [-0.1, -0.05) is 36.4 Å². The number of hydrogen-bond acceptors (Lipinski definition) is 5. The molecule has 3 aliphatic rings. The molecule has 1 aromatic rings. The molecule has 4 rings (SSSR count). The molecule has 1 saturated heterocycles. The van der Waals surface area contributed by atoms with Gasteiger partial charge >= 0.3 is 0 Å². The van der Waals surface area contributed by atoms with Crippen LogP contribution in [-0.2, 0) is 35.8 Å². The molecule has 0 unspecified atom stereocenters. The minimum Gasteiger partial charge on any atom is -0.377 e. The summed E-state index contributed by atoms with van der Waals surface area (Å²) in [7, 11) is -2.14. The quantitative estimate of drug-likeness (QED) is 0.596. The molecule has 0 bridgehead atoms. The molecule has 1 fully saturated rings. The Balaban J connectivity index is 1.90. The zero-order chi connectivity index (χ0) is 17.8. The van der Waals surface area contributed by atoms with Gasteiger partial charge < -0.3 is 9.64 Å². The van der Waals surface area contributed by atoms with Gasteiger partial charge in [0.25, 0.3) is 16.0 Å². The van der Waals surface area contributed by atoms with Crippen molar-refractivity contribution in [3.8, 4) is 0 Å². The second-order valence-electron chi connectivity index (χ2n) is 6.92. The van der Waals surface area contributed by atoms with Gasteiger partial charge in [0, 0.05) is 19.6 Å². The summed E-state index contributed by atoms with van der Waals surface area (Å²) in [5.74, 6) is -0.572. The molecule has 2 aliphatic heterocycles. The van der Waals surface area contributed by atoms with Crippen LogP contribution >= 0.6 is 0 Å². The van der Waals surface area contributed by atoms with Gasteiger partial charge in [0.1, 0.15) is 0 Å². The van der Waals surface area contributed by atoms with Crippen LogP contribution in [0.1, 0.15) is 17.5 Å². The van der Waals surface area contributed by atoms with Crippen molar-refractivity contribution in [2.24, 2.45) is 5.92 Å². The van der Waals surface area contributed by atoms with Crippen molar-refractivity contribution in [2.75, 3.05) is 19.9 Å². The van der Waals surface area contributed by atoms with E-state index in [-0.39, 0.29) is 17.9 Å². The van der Waals surface area contributed by atoms with E-state index in [4.69, 9.17) is 8.92 Å². The third kappa shape index (κ3) is 2.45. The molecule has 2 heterocycles. The first kappa shape index (κ1) is 16.8. The van der Waals surface area contributed by atoms with Gasteiger partial charge in [-0.2, -0.15) is 8.42 Å². The molecular weight excluding hydrogens is 342 g/mol.